The summed E-state index contributed by atoms with van der Waals surface area (Å²) in [5.74, 6) is 0.785. The summed E-state index contributed by atoms with van der Waals surface area (Å²) < 4.78 is 3.92. The summed E-state index contributed by atoms with van der Waals surface area (Å²) >= 11 is 0.150. The van der Waals surface area contributed by atoms with Crippen LogP contribution in [0.1, 0.15) is 19.8 Å². The van der Waals surface area contributed by atoms with Crippen LogP contribution in [0.4, 0.5) is 0 Å². The smallest absolute Gasteiger partial charge is 0.00431 e. The first-order chi connectivity index (χ1) is 7.36. The molecule has 0 atom stereocenters. The van der Waals surface area contributed by atoms with Crippen molar-refractivity contribution >= 4 is 24.7 Å². The molecule has 2 heteroatoms. The van der Waals surface area contributed by atoms with Gasteiger partial charge in [0.15, 0.2) is 0 Å². The van der Waals surface area contributed by atoms with Gasteiger partial charge in [0.1, 0.15) is 0 Å². The minimum absolute atomic E-state index is 0.150. The van der Waals surface area contributed by atoms with Crippen molar-refractivity contribution in [2.45, 2.75) is 19.8 Å². The van der Waals surface area contributed by atoms with Gasteiger partial charge in [0.05, 0.1) is 0 Å². The van der Waals surface area contributed by atoms with E-state index in [0.29, 0.717) is 0 Å². The molecule has 1 nitrogen and oxygen atoms in total. The first-order valence-electron chi connectivity index (χ1n) is 5.59. The van der Waals surface area contributed by atoms with E-state index in [1.165, 1.54) is 25.9 Å². The lowest BCUT2D eigenvalue weighted by Gasteiger charge is -2.24. The molecule has 0 aromatic carbocycles. The Balaban J connectivity index is 2.15. The molecule has 0 aromatic rings. The Morgan fingerprint density at radius 1 is 1.27 bits per heavy atom. The minimum Gasteiger partial charge on any atom is -0.317 e. The quantitative estimate of drug-likeness (QED) is 0.733. The summed E-state index contributed by atoms with van der Waals surface area (Å²) in [6.07, 6.45) is 11.8. The molecule has 0 aliphatic carbocycles. The lowest BCUT2D eigenvalue weighted by atomic mass is 9.89. The maximum Gasteiger partial charge on any atom is -0.00431 e. The Morgan fingerprint density at radius 3 is 2.87 bits per heavy atom. The lowest BCUT2D eigenvalue weighted by Crippen LogP contribution is -2.28. The maximum absolute atomic E-state index is 3.43. The van der Waals surface area contributed by atoms with Gasteiger partial charge in [-0.15, -0.1) is 0 Å². The number of nitrogens with one attached hydrogen (secondary N) is 1. The normalized spacial score (nSPS) is 23.5. The van der Waals surface area contributed by atoms with Crippen LogP contribution in [-0.4, -0.2) is 17.1 Å². The Labute approximate surface area is 102 Å². The van der Waals surface area contributed by atoms with Gasteiger partial charge in [0, 0.05) is 0 Å². The van der Waals surface area contributed by atoms with Gasteiger partial charge in [0.25, 0.3) is 0 Å². The van der Waals surface area contributed by atoms with Gasteiger partial charge in [-0.3, -0.25) is 0 Å². The predicted molar refractivity (Wildman–Crippen MR) is 76.7 cm³/mol. The molecule has 0 unspecified atom stereocenters. The van der Waals surface area contributed by atoms with Gasteiger partial charge < -0.3 is 5.32 Å². The van der Waals surface area contributed by atoms with Crippen LogP contribution in [0.25, 0.3) is 0 Å². The van der Waals surface area contributed by atoms with Crippen LogP contribution in [0.15, 0.2) is 33.5 Å². The van der Waals surface area contributed by atoms with E-state index in [9.17, 15) is 0 Å². The Morgan fingerprint density at radius 2 is 2.07 bits per heavy atom. The highest BCUT2D eigenvalue weighted by molar-refractivity contribution is 14.2. The molecule has 0 saturated carbocycles. The van der Waals surface area contributed by atoms with Crippen LogP contribution in [0.5, 0.6) is 0 Å². The number of hydrogen-bond donors (Lipinski definition) is 1. The van der Waals surface area contributed by atoms with Crippen molar-refractivity contribution in [2.24, 2.45) is 5.92 Å². The summed E-state index contributed by atoms with van der Waals surface area (Å²) in [4.78, 5) is 0. The molecule has 0 amide bonds. The second-order valence-corrected chi connectivity index (χ2v) is 7.09. The molecule has 82 valence electrons. The Bertz CT molecular complexity index is 330. The fourth-order valence-corrected chi connectivity index (χ4v) is 3.62. The lowest BCUT2D eigenvalue weighted by molar-refractivity contribution is 0.425. The van der Waals surface area contributed by atoms with Crippen molar-refractivity contribution in [3.8, 4) is 0 Å². The molecule has 2 aliphatic heterocycles. The molecule has 0 spiro atoms. The fourth-order valence-electron chi connectivity index (χ4n) is 2.06. The van der Waals surface area contributed by atoms with E-state index < -0.39 is 0 Å². The molecule has 1 fully saturated rings. The van der Waals surface area contributed by atoms with Crippen molar-refractivity contribution in [3.63, 3.8) is 0 Å². The van der Waals surface area contributed by atoms with Gasteiger partial charge in [0.2, 0.25) is 0 Å². The molecule has 2 heterocycles. The number of piperidine rings is 1. The van der Waals surface area contributed by atoms with Gasteiger partial charge in [-0.1, -0.05) is 45.0 Å². The monoisotopic (exact) mass is 315 g/mol. The van der Waals surface area contributed by atoms with Crippen LogP contribution >= 0.6 is 20.7 Å². The minimum atomic E-state index is 0.150. The van der Waals surface area contributed by atoms with Gasteiger partial charge in [-0.2, -0.15) is 0 Å². The first kappa shape index (κ1) is 11.3. The SMILES string of the molecule is CC1=CC(C2CCNCC2)=CC=CC=I1. The molecular formula is C13H18IN. The van der Waals surface area contributed by atoms with E-state index in [2.05, 4.69) is 40.6 Å². The van der Waals surface area contributed by atoms with Crippen LogP contribution in [0.3, 0.4) is 0 Å². The second-order valence-electron chi connectivity index (χ2n) is 4.04. The summed E-state index contributed by atoms with van der Waals surface area (Å²) in [5, 5.41) is 3.43. The summed E-state index contributed by atoms with van der Waals surface area (Å²) in [7, 11) is 0. The van der Waals surface area contributed by atoms with Gasteiger partial charge >= 0.3 is 0 Å². The molecular weight excluding hydrogens is 297 g/mol. The van der Waals surface area contributed by atoms with Crippen molar-refractivity contribution < 1.29 is 0 Å². The average molecular weight is 315 g/mol. The summed E-state index contributed by atoms with van der Waals surface area (Å²) in [6.45, 7) is 4.64. The van der Waals surface area contributed by atoms with Crippen LogP contribution in [0.2, 0.25) is 0 Å². The van der Waals surface area contributed by atoms with Crippen LogP contribution in [0, 0.1) is 5.92 Å². The highest BCUT2D eigenvalue weighted by atomic mass is 127. The zero-order chi connectivity index (χ0) is 10.5. The van der Waals surface area contributed by atoms with E-state index >= 15 is 0 Å². The van der Waals surface area contributed by atoms with Crippen molar-refractivity contribution in [3.05, 3.63) is 33.5 Å². The Kier molecular flexibility index (Phi) is 4.32. The predicted octanol–water partition coefficient (Wildman–Crippen LogP) is 3.16. The van der Waals surface area contributed by atoms with E-state index in [4.69, 9.17) is 0 Å². The average Bonchev–Trinajstić information content (AvgIpc) is 2.24. The topological polar surface area (TPSA) is 12.0 Å². The summed E-state index contributed by atoms with van der Waals surface area (Å²) in [5.41, 5.74) is 1.55. The number of hydrogen-bond acceptors (Lipinski definition) is 1. The van der Waals surface area contributed by atoms with E-state index in [1.54, 1.807) is 9.15 Å². The van der Waals surface area contributed by atoms with Crippen LogP contribution < -0.4 is 5.32 Å². The molecule has 1 saturated heterocycles. The maximum atomic E-state index is 3.43. The van der Waals surface area contributed by atoms with Crippen molar-refractivity contribution in [1.29, 1.82) is 0 Å². The third-order valence-corrected chi connectivity index (χ3v) is 4.95. The van der Waals surface area contributed by atoms with E-state index in [1.807, 2.05) is 0 Å². The highest BCUT2D eigenvalue weighted by Gasteiger charge is 2.15. The zero-order valence-electron chi connectivity index (χ0n) is 9.17. The zero-order valence-corrected chi connectivity index (χ0v) is 11.3. The summed E-state index contributed by atoms with van der Waals surface area (Å²) in [6, 6.07) is 0. The molecule has 15 heavy (non-hydrogen) atoms. The molecule has 0 radical (unpaired) electrons. The van der Waals surface area contributed by atoms with Gasteiger partial charge in [-0.05, 0) is 51.9 Å². The molecule has 2 aliphatic rings. The second kappa shape index (κ2) is 5.75. The molecule has 2 rings (SSSR count). The van der Waals surface area contributed by atoms with E-state index in [-0.39, 0.29) is 20.7 Å². The van der Waals surface area contributed by atoms with Crippen molar-refractivity contribution in [2.75, 3.05) is 13.1 Å². The van der Waals surface area contributed by atoms with E-state index in [0.717, 1.165) is 5.92 Å². The largest absolute Gasteiger partial charge is 0.317 e. The van der Waals surface area contributed by atoms with Crippen LogP contribution in [-0.2, 0) is 0 Å². The standard InChI is InChI=1S/C13H18IN/c1-11-10-13(4-2-3-7-14-11)12-5-8-15-9-6-12/h2-4,7,10,12,15H,5-6,8-9H2,1H3. The molecule has 0 aromatic heterocycles. The third kappa shape index (κ3) is 3.38. The third-order valence-electron chi connectivity index (χ3n) is 2.88. The Hall–Kier alpha value is -0.220. The van der Waals surface area contributed by atoms with Gasteiger partial charge in [-0.25, -0.2) is 0 Å². The molecule has 1 N–H and O–H groups in total. The highest BCUT2D eigenvalue weighted by Crippen LogP contribution is 2.26. The molecule has 0 bridgehead atoms. The fraction of sp³-hybridized carbons (Fsp3) is 0.462. The number of rotatable bonds is 1. The number of halogens is 1. The van der Waals surface area contributed by atoms with Crippen molar-refractivity contribution in [1.82, 2.24) is 5.32 Å². The number of allylic oxidation sites excluding steroid dienone is 6. The first-order valence-corrected chi connectivity index (χ1v) is 7.91.